The van der Waals surface area contributed by atoms with E-state index >= 15 is 0 Å². The van der Waals surface area contributed by atoms with Gasteiger partial charge in [0.25, 0.3) is 5.91 Å². The van der Waals surface area contributed by atoms with Crippen molar-refractivity contribution in [1.29, 1.82) is 0 Å². The lowest BCUT2D eigenvalue weighted by molar-refractivity contribution is 0.0691. The van der Waals surface area contributed by atoms with Gasteiger partial charge in [0.1, 0.15) is 0 Å². The molecule has 78 valence electrons. The van der Waals surface area contributed by atoms with E-state index in [4.69, 9.17) is 11.5 Å². The van der Waals surface area contributed by atoms with Crippen molar-refractivity contribution in [2.45, 2.75) is 6.42 Å². The Balaban J connectivity index is 2.59. The Kier molecular flexibility index (Phi) is 3.83. The van der Waals surface area contributed by atoms with Gasteiger partial charge in [-0.05, 0) is 0 Å². The minimum absolute atomic E-state index is 0.123. The van der Waals surface area contributed by atoms with E-state index in [9.17, 15) is 9.59 Å². The number of carboxylic acids is 1. The number of carbonyl (C=O) groups is 2. The molecule has 1 rings (SSSR count). The molecule has 0 aliphatic heterocycles. The maximum absolute atomic E-state index is 11.3. The van der Waals surface area contributed by atoms with Gasteiger partial charge < -0.3 is 10.4 Å². The first-order valence-electron chi connectivity index (χ1n) is 4.05. The first-order chi connectivity index (χ1) is 7.15. The first kappa shape index (κ1) is 11.2. The number of carbonyl (C=O) groups excluding carboxylic acids is 1. The SMILES string of the molecule is C#CCCNC(=O)c1nc(C(=O)O)cs1. The fraction of sp³-hybridized carbons (Fsp3) is 0.222. The molecule has 5 nitrogen and oxygen atoms in total. The number of carboxylic acid groups (broad SMARTS) is 1. The number of aromatic nitrogens is 1. The lowest BCUT2D eigenvalue weighted by Crippen LogP contribution is -2.24. The average molecular weight is 224 g/mol. The van der Waals surface area contributed by atoms with E-state index in [-0.39, 0.29) is 10.7 Å². The molecule has 1 heterocycles. The lowest BCUT2D eigenvalue weighted by atomic mass is 10.4. The molecule has 0 radical (unpaired) electrons. The van der Waals surface area contributed by atoms with Crippen LogP contribution in [0, 0.1) is 12.3 Å². The molecule has 0 bridgehead atoms. The second kappa shape index (κ2) is 5.12. The summed E-state index contributed by atoms with van der Waals surface area (Å²) in [6, 6.07) is 0. The van der Waals surface area contributed by atoms with Crippen molar-refractivity contribution in [3.05, 3.63) is 16.1 Å². The molecule has 0 atom stereocenters. The highest BCUT2D eigenvalue weighted by atomic mass is 32.1. The number of nitrogens with one attached hydrogen (secondary N) is 1. The number of rotatable bonds is 4. The summed E-state index contributed by atoms with van der Waals surface area (Å²) in [5.74, 6) is 0.827. The van der Waals surface area contributed by atoms with Crippen LogP contribution in [-0.2, 0) is 0 Å². The van der Waals surface area contributed by atoms with E-state index in [0.717, 1.165) is 11.3 Å². The smallest absolute Gasteiger partial charge is 0.355 e. The van der Waals surface area contributed by atoms with E-state index in [1.54, 1.807) is 0 Å². The summed E-state index contributed by atoms with van der Waals surface area (Å²) in [4.78, 5) is 25.5. The van der Waals surface area contributed by atoms with E-state index in [2.05, 4.69) is 16.2 Å². The summed E-state index contributed by atoms with van der Waals surface area (Å²) in [6.07, 6.45) is 5.44. The maximum Gasteiger partial charge on any atom is 0.355 e. The number of nitrogens with zero attached hydrogens (tertiary/aromatic N) is 1. The number of hydrogen-bond donors (Lipinski definition) is 2. The van der Waals surface area contributed by atoms with Gasteiger partial charge in [-0.3, -0.25) is 4.79 Å². The summed E-state index contributed by atoms with van der Waals surface area (Å²) < 4.78 is 0. The van der Waals surface area contributed by atoms with Crippen molar-refractivity contribution in [1.82, 2.24) is 10.3 Å². The standard InChI is InChI=1S/C9H8N2O3S/c1-2-3-4-10-7(12)8-11-6(5-15-8)9(13)14/h1,5H,3-4H2,(H,10,12)(H,13,14). The normalized spacial score (nSPS) is 9.27. The third kappa shape index (κ3) is 3.07. The second-order valence-corrected chi connectivity index (χ2v) is 3.41. The minimum Gasteiger partial charge on any atom is -0.476 e. The molecule has 0 aliphatic rings. The quantitative estimate of drug-likeness (QED) is 0.579. The topological polar surface area (TPSA) is 79.3 Å². The van der Waals surface area contributed by atoms with Gasteiger partial charge in [-0.2, -0.15) is 0 Å². The molecule has 2 N–H and O–H groups in total. The lowest BCUT2D eigenvalue weighted by Gasteiger charge is -1.97. The van der Waals surface area contributed by atoms with Gasteiger partial charge in [0.05, 0.1) is 0 Å². The molecule has 1 amide bonds. The van der Waals surface area contributed by atoms with E-state index in [0.29, 0.717) is 13.0 Å². The van der Waals surface area contributed by atoms with Crippen LogP contribution in [0.4, 0.5) is 0 Å². The number of terminal acetylenes is 1. The summed E-state index contributed by atoms with van der Waals surface area (Å²) in [5.41, 5.74) is -0.123. The summed E-state index contributed by atoms with van der Waals surface area (Å²) >= 11 is 0.988. The number of aromatic carboxylic acids is 1. The first-order valence-corrected chi connectivity index (χ1v) is 4.93. The molecule has 0 aromatic carbocycles. The van der Waals surface area contributed by atoms with Crippen LogP contribution in [-0.4, -0.2) is 28.5 Å². The van der Waals surface area contributed by atoms with Gasteiger partial charge in [0.15, 0.2) is 10.7 Å². The summed E-state index contributed by atoms with van der Waals surface area (Å²) in [5, 5.41) is 12.6. The van der Waals surface area contributed by atoms with Crippen molar-refractivity contribution < 1.29 is 14.7 Å². The van der Waals surface area contributed by atoms with Crippen LogP contribution >= 0.6 is 11.3 Å². The maximum atomic E-state index is 11.3. The van der Waals surface area contributed by atoms with E-state index < -0.39 is 11.9 Å². The molecule has 1 aromatic rings. The monoisotopic (exact) mass is 224 g/mol. The van der Waals surface area contributed by atoms with Crippen LogP contribution in [0.15, 0.2) is 5.38 Å². The van der Waals surface area contributed by atoms with Crippen LogP contribution in [0.1, 0.15) is 26.7 Å². The van der Waals surface area contributed by atoms with Gasteiger partial charge in [0, 0.05) is 18.3 Å². The molecule has 0 saturated heterocycles. The number of thiazole rings is 1. The minimum atomic E-state index is -1.14. The highest BCUT2D eigenvalue weighted by Crippen LogP contribution is 2.09. The molecule has 15 heavy (non-hydrogen) atoms. The third-order valence-corrected chi connectivity index (χ3v) is 2.31. The zero-order chi connectivity index (χ0) is 11.3. The summed E-state index contributed by atoms with van der Waals surface area (Å²) in [7, 11) is 0. The molecule has 6 heteroatoms. The Morgan fingerprint density at radius 3 is 2.93 bits per heavy atom. The Bertz CT molecular complexity index is 419. The molecule has 0 spiro atoms. The number of hydrogen-bond acceptors (Lipinski definition) is 4. The fourth-order valence-corrected chi connectivity index (χ4v) is 1.51. The van der Waals surface area contributed by atoms with Crippen molar-refractivity contribution >= 4 is 23.2 Å². The van der Waals surface area contributed by atoms with Gasteiger partial charge in [-0.25, -0.2) is 9.78 Å². The van der Waals surface area contributed by atoms with Crippen molar-refractivity contribution in [2.24, 2.45) is 0 Å². The summed E-state index contributed by atoms with van der Waals surface area (Å²) in [6.45, 7) is 0.358. The molecule has 0 aliphatic carbocycles. The Morgan fingerprint density at radius 2 is 2.40 bits per heavy atom. The average Bonchev–Trinajstić information content (AvgIpc) is 2.66. The Labute approximate surface area is 90.1 Å². The molecule has 1 aromatic heterocycles. The van der Waals surface area contributed by atoms with Gasteiger partial charge >= 0.3 is 5.97 Å². The third-order valence-electron chi connectivity index (χ3n) is 1.47. The molecule has 0 fully saturated rings. The van der Waals surface area contributed by atoms with Gasteiger partial charge in [-0.1, -0.05) is 0 Å². The predicted molar refractivity (Wildman–Crippen MR) is 54.9 cm³/mol. The van der Waals surface area contributed by atoms with Crippen LogP contribution in [0.5, 0.6) is 0 Å². The molecule has 0 saturated carbocycles. The second-order valence-electron chi connectivity index (χ2n) is 2.55. The molecular formula is C9H8N2O3S. The van der Waals surface area contributed by atoms with Crippen molar-refractivity contribution in [3.8, 4) is 12.3 Å². The highest BCUT2D eigenvalue weighted by molar-refractivity contribution is 7.11. The van der Waals surface area contributed by atoms with Gasteiger partial charge in [-0.15, -0.1) is 23.7 Å². The van der Waals surface area contributed by atoms with E-state index in [1.807, 2.05) is 0 Å². The van der Waals surface area contributed by atoms with E-state index in [1.165, 1.54) is 5.38 Å². The Morgan fingerprint density at radius 1 is 1.67 bits per heavy atom. The van der Waals surface area contributed by atoms with Crippen LogP contribution < -0.4 is 5.32 Å². The van der Waals surface area contributed by atoms with Crippen molar-refractivity contribution in [3.63, 3.8) is 0 Å². The van der Waals surface area contributed by atoms with Crippen LogP contribution in [0.3, 0.4) is 0 Å². The Hall–Kier alpha value is -1.87. The predicted octanol–water partition coefficient (Wildman–Crippen LogP) is 0.594. The largest absolute Gasteiger partial charge is 0.476 e. The van der Waals surface area contributed by atoms with Crippen LogP contribution in [0.25, 0.3) is 0 Å². The molecule has 0 unspecified atom stereocenters. The fourth-order valence-electron chi connectivity index (χ4n) is 0.800. The zero-order valence-electron chi connectivity index (χ0n) is 7.69. The molecular weight excluding hydrogens is 216 g/mol. The van der Waals surface area contributed by atoms with Crippen LogP contribution in [0.2, 0.25) is 0 Å². The highest BCUT2D eigenvalue weighted by Gasteiger charge is 2.13. The van der Waals surface area contributed by atoms with Crippen molar-refractivity contribution in [2.75, 3.05) is 6.54 Å². The van der Waals surface area contributed by atoms with Gasteiger partial charge in [0.2, 0.25) is 0 Å². The number of amides is 1. The zero-order valence-corrected chi connectivity index (χ0v) is 8.50.